The number of nitrogens with one attached hydrogen (secondary N) is 1. The summed E-state index contributed by atoms with van der Waals surface area (Å²) in [5.74, 6) is 0.968. The van der Waals surface area contributed by atoms with Gasteiger partial charge in [0.1, 0.15) is 11.5 Å². The molecule has 5 nitrogen and oxygen atoms in total. The lowest BCUT2D eigenvalue weighted by molar-refractivity contribution is -0.127. The summed E-state index contributed by atoms with van der Waals surface area (Å²) in [5.41, 5.74) is 3.24. The Labute approximate surface area is 163 Å². The van der Waals surface area contributed by atoms with Gasteiger partial charge >= 0.3 is 0 Å². The van der Waals surface area contributed by atoms with E-state index < -0.39 is 6.10 Å². The van der Waals surface area contributed by atoms with E-state index in [1.807, 2.05) is 37.3 Å². The van der Waals surface area contributed by atoms with E-state index in [0.717, 1.165) is 14.5 Å². The fraction of sp³-hybridized carbons (Fsp3) is 0.222. The summed E-state index contributed by atoms with van der Waals surface area (Å²) >= 11 is 6.76. The quantitative estimate of drug-likeness (QED) is 0.478. The highest BCUT2D eigenvalue weighted by Crippen LogP contribution is 2.21. The second-order valence-corrected chi connectivity index (χ2v) is 6.89. The highest BCUT2D eigenvalue weighted by atomic mass is 79.9. The molecule has 1 N–H and O–H groups in total. The lowest BCUT2D eigenvalue weighted by Gasteiger charge is -2.13. The Morgan fingerprint density at radius 3 is 2.56 bits per heavy atom. The topological polar surface area (TPSA) is 59.9 Å². The largest absolute Gasteiger partial charge is 0.493 e. The van der Waals surface area contributed by atoms with E-state index in [1.54, 1.807) is 25.3 Å². The number of hydrogen-bond acceptors (Lipinski definition) is 4. The van der Waals surface area contributed by atoms with E-state index in [2.05, 4.69) is 42.4 Å². The van der Waals surface area contributed by atoms with Crippen LogP contribution in [0.3, 0.4) is 0 Å². The molecular weight excluding hydrogens is 452 g/mol. The Balaban J connectivity index is 1.95. The van der Waals surface area contributed by atoms with Crippen LogP contribution in [0.2, 0.25) is 0 Å². The first kappa shape index (κ1) is 19.5. The van der Waals surface area contributed by atoms with Crippen molar-refractivity contribution >= 4 is 44.0 Å². The van der Waals surface area contributed by atoms with E-state index >= 15 is 0 Å². The van der Waals surface area contributed by atoms with Gasteiger partial charge in [-0.05, 0) is 56.3 Å². The number of hydrogen-bond donors (Lipinski definition) is 1. The molecule has 0 unspecified atom stereocenters. The molecule has 0 aliphatic heterocycles. The Kier molecular flexibility index (Phi) is 7.46. The highest BCUT2D eigenvalue weighted by Gasteiger charge is 2.14. The zero-order valence-electron chi connectivity index (χ0n) is 13.8. The Hall–Kier alpha value is -1.86. The fourth-order valence-corrected chi connectivity index (χ4v) is 2.58. The van der Waals surface area contributed by atoms with Crippen molar-refractivity contribution in [3.8, 4) is 11.5 Å². The number of carbonyl (C=O) groups excluding carboxylic acids is 1. The summed E-state index contributed by atoms with van der Waals surface area (Å²) in [6.45, 7) is 4.12. The van der Waals surface area contributed by atoms with Gasteiger partial charge in [0, 0.05) is 14.5 Å². The van der Waals surface area contributed by atoms with Crippen molar-refractivity contribution < 1.29 is 14.3 Å². The molecule has 0 saturated heterocycles. The molecule has 0 saturated carbocycles. The van der Waals surface area contributed by atoms with Gasteiger partial charge < -0.3 is 9.47 Å². The van der Waals surface area contributed by atoms with E-state index in [1.165, 1.54) is 0 Å². The van der Waals surface area contributed by atoms with Crippen molar-refractivity contribution in [3.63, 3.8) is 0 Å². The van der Waals surface area contributed by atoms with E-state index in [9.17, 15) is 4.79 Å². The van der Waals surface area contributed by atoms with Crippen molar-refractivity contribution in [2.24, 2.45) is 5.10 Å². The molecule has 1 atom stereocenters. The molecule has 0 bridgehead atoms. The Bertz CT molecular complexity index is 748. The molecule has 0 heterocycles. The van der Waals surface area contributed by atoms with E-state index in [4.69, 9.17) is 9.47 Å². The second-order valence-electron chi connectivity index (χ2n) is 5.06. The van der Waals surface area contributed by atoms with Crippen LogP contribution in [0, 0.1) is 0 Å². The van der Waals surface area contributed by atoms with Crippen molar-refractivity contribution in [3.05, 3.63) is 57.0 Å². The van der Waals surface area contributed by atoms with Gasteiger partial charge in [0.25, 0.3) is 5.91 Å². The number of halogens is 2. The highest BCUT2D eigenvalue weighted by molar-refractivity contribution is 9.10. The van der Waals surface area contributed by atoms with E-state index in [0.29, 0.717) is 18.1 Å². The van der Waals surface area contributed by atoms with Crippen LogP contribution in [-0.2, 0) is 4.79 Å². The lowest BCUT2D eigenvalue weighted by Crippen LogP contribution is -2.33. The minimum atomic E-state index is -0.674. The third kappa shape index (κ3) is 6.17. The minimum Gasteiger partial charge on any atom is -0.493 e. The van der Waals surface area contributed by atoms with Crippen LogP contribution in [0.4, 0.5) is 0 Å². The maximum absolute atomic E-state index is 12.1. The maximum atomic E-state index is 12.1. The van der Waals surface area contributed by atoms with Crippen molar-refractivity contribution in [2.45, 2.75) is 20.0 Å². The van der Waals surface area contributed by atoms with Gasteiger partial charge in [-0.2, -0.15) is 5.10 Å². The SMILES string of the molecule is CCOc1ccc(Br)cc1C=NNC(=O)[C@@H](C)Oc1ccc(Br)cc1. The fourth-order valence-electron chi connectivity index (χ4n) is 1.93. The van der Waals surface area contributed by atoms with Gasteiger partial charge in [-0.25, -0.2) is 5.43 Å². The first-order chi connectivity index (χ1) is 12.0. The Morgan fingerprint density at radius 1 is 1.20 bits per heavy atom. The third-order valence-electron chi connectivity index (χ3n) is 3.15. The summed E-state index contributed by atoms with van der Waals surface area (Å²) in [7, 11) is 0. The van der Waals surface area contributed by atoms with Gasteiger partial charge in [0.2, 0.25) is 0 Å². The van der Waals surface area contributed by atoms with Gasteiger partial charge in [0.15, 0.2) is 6.10 Å². The summed E-state index contributed by atoms with van der Waals surface area (Å²) < 4.78 is 13.0. The maximum Gasteiger partial charge on any atom is 0.280 e. The van der Waals surface area contributed by atoms with E-state index in [-0.39, 0.29) is 5.91 Å². The van der Waals surface area contributed by atoms with Crippen LogP contribution in [0.15, 0.2) is 56.5 Å². The van der Waals surface area contributed by atoms with Crippen molar-refractivity contribution in [1.82, 2.24) is 5.43 Å². The molecule has 25 heavy (non-hydrogen) atoms. The molecule has 1 amide bonds. The van der Waals surface area contributed by atoms with Crippen LogP contribution in [0.1, 0.15) is 19.4 Å². The third-order valence-corrected chi connectivity index (χ3v) is 4.17. The number of amides is 1. The molecular formula is C18H18Br2N2O3. The molecule has 0 radical (unpaired) electrons. The predicted molar refractivity (Wildman–Crippen MR) is 105 cm³/mol. The van der Waals surface area contributed by atoms with Gasteiger partial charge in [-0.1, -0.05) is 31.9 Å². The number of hydrazone groups is 1. The molecule has 0 fully saturated rings. The normalized spacial score (nSPS) is 12.0. The predicted octanol–water partition coefficient (Wildman–Crippen LogP) is 4.53. The smallest absolute Gasteiger partial charge is 0.280 e. The lowest BCUT2D eigenvalue weighted by atomic mass is 10.2. The van der Waals surface area contributed by atoms with Crippen LogP contribution < -0.4 is 14.9 Å². The van der Waals surface area contributed by atoms with Crippen molar-refractivity contribution in [2.75, 3.05) is 6.61 Å². The number of nitrogens with zero attached hydrogens (tertiary/aromatic N) is 1. The average molecular weight is 470 g/mol. The zero-order chi connectivity index (χ0) is 18.2. The van der Waals surface area contributed by atoms with Crippen LogP contribution in [-0.4, -0.2) is 24.8 Å². The van der Waals surface area contributed by atoms with Crippen LogP contribution >= 0.6 is 31.9 Å². The first-order valence-corrected chi connectivity index (χ1v) is 9.25. The number of benzene rings is 2. The molecule has 0 aromatic heterocycles. The summed E-state index contributed by atoms with van der Waals surface area (Å²) in [6.07, 6.45) is 0.868. The van der Waals surface area contributed by atoms with Gasteiger partial charge in [-0.15, -0.1) is 0 Å². The number of ether oxygens (including phenoxy) is 2. The molecule has 7 heteroatoms. The van der Waals surface area contributed by atoms with Gasteiger partial charge in [0.05, 0.1) is 12.8 Å². The van der Waals surface area contributed by atoms with Crippen LogP contribution in [0.25, 0.3) is 0 Å². The molecule has 0 spiro atoms. The van der Waals surface area contributed by atoms with Crippen LogP contribution in [0.5, 0.6) is 11.5 Å². The monoisotopic (exact) mass is 468 g/mol. The number of carbonyl (C=O) groups is 1. The summed E-state index contributed by atoms with van der Waals surface area (Å²) in [5, 5.41) is 3.99. The van der Waals surface area contributed by atoms with Gasteiger partial charge in [-0.3, -0.25) is 4.79 Å². The molecule has 0 aliphatic carbocycles. The standard InChI is InChI=1S/C18H18Br2N2O3/c1-3-24-17-9-6-15(20)10-13(17)11-21-22-18(23)12(2)25-16-7-4-14(19)5-8-16/h4-12H,3H2,1-2H3,(H,22,23)/t12-/m1/s1. The van der Waals surface area contributed by atoms with Crippen molar-refractivity contribution in [1.29, 1.82) is 0 Å². The first-order valence-electron chi connectivity index (χ1n) is 7.67. The molecule has 0 aliphatic rings. The minimum absolute atomic E-state index is 0.341. The zero-order valence-corrected chi connectivity index (χ0v) is 17.0. The molecule has 2 aromatic carbocycles. The molecule has 2 rings (SSSR count). The number of rotatable bonds is 7. The Morgan fingerprint density at radius 2 is 1.88 bits per heavy atom. The summed E-state index contributed by atoms with van der Waals surface area (Å²) in [4.78, 5) is 12.1. The second kappa shape index (κ2) is 9.58. The summed E-state index contributed by atoms with van der Waals surface area (Å²) in [6, 6.07) is 12.9. The molecule has 132 valence electrons. The molecule has 2 aromatic rings. The average Bonchev–Trinajstić information content (AvgIpc) is 2.59.